The van der Waals surface area contributed by atoms with Crippen molar-refractivity contribution in [2.45, 2.75) is 38.6 Å². The first-order chi connectivity index (χ1) is 9.47. The molecule has 1 aromatic carbocycles. The fourth-order valence-electron chi connectivity index (χ4n) is 2.64. The van der Waals surface area contributed by atoms with Gasteiger partial charge in [0.15, 0.2) is 0 Å². The smallest absolute Gasteiger partial charge is 0.335 e. The van der Waals surface area contributed by atoms with Crippen molar-refractivity contribution < 1.29 is 14.7 Å². The lowest BCUT2D eigenvalue weighted by Crippen LogP contribution is -2.34. The van der Waals surface area contributed by atoms with Gasteiger partial charge in [-0.2, -0.15) is 0 Å². The molecular weight excluding hydrogens is 256 g/mol. The summed E-state index contributed by atoms with van der Waals surface area (Å²) in [5.74, 6) is -1.03. The van der Waals surface area contributed by atoms with Crippen LogP contribution in [0.1, 0.15) is 41.6 Å². The topological polar surface area (TPSA) is 92.4 Å². The van der Waals surface area contributed by atoms with Crippen molar-refractivity contribution in [3.8, 4) is 0 Å². The molecule has 0 saturated heterocycles. The van der Waals surface area contributed by atoms with E-state index in [2.05, 4.69) is 5.32 Å². The van der Waals surface area contributed by atoms with Gasteiger partial charge in [0, 0.05) is 17.6 Å². The summed E-state index contributed by atoms with van der Waals surface area (Å²) in [7, 11) is 0. The predicted molar refractivity (Wildman–Crippen MR) is 76.7 cm³/mol. The Morgan fingerprint density at radius 1 is 1.35 bits per heavy atom. The summed E-state index contributed by atoms with van der Waals surface area (Å²) in [6.45, 7) is 1.79. The van der Waals surface area contributed by atoms with Crippen LogP contribution in [0.15, 0.2) is 18.2 Å². The van der Waals surface area contributed by atoms with Gasteiger partial charge < -0.3 is 16.2 Å². The van der Waals surface area contributed by atoms with Gasteiger partial charge in [0.1, 0.15) is 0 Å². The third kappa shape index (κ3) is 3.36. The van der Waals surface area contributed by atoms with Crippen molar-refractivity contribution in [3.05, 3.63) is 29.3 Å². The van der Waals surface area contributed by atoms with E-state index in [4.69, 9.17) is 10.8 Å². The Balaban J connectivity index is 2.06. The first-order valence-electron chi connectivity index (χ1n) is 6.87. The molecule has 0 spiro atoms. The Bertz CT molecular complexity index is 528. The van der Waals surface area contributed by atoms with Crippen LogP contribution in [-0.4, -0.2) is 23.0 Å². The minimum Gasteiger partial charge on any atom is -0.478 e. The standard InChI is InChI=1S/C15H20N2O3/c1-9-7-11(15(19)20)5-6-13(9)17-14(18)10-3-2-4-12(16)8-10/h5-7,10,12H,2-4,8,16H2,1H3,(H,17,18)(H,19,20). The Morgan fingerprint density at radius 2 is 2.10 bits per heavy atom. The van der Waals surface area contributed by atoms with Gasteiger partial charge in [-0.1, -0.05) is 6.42 Å². The molecule has 4 N–H and O–H groups in total. The van der Waals surface area contributed by atoms with Crippen molar-refractivity contribution in [1.29, 1.82) is 0 Å². The van der Waals surface area contributed by atoms with Crippen LogP contribution in [0, 0.1) is 12.8 Å². The van der Waals surface area contributed by atoms with E-state index in [1.807, 2.05) is 0 Å². The number of rotatable bonds is 3. The SMILES string of the molecule is Cc1cc(C(=O)O)ccc1NC(=O)C1CCCC(N)C1. The molecule has 1 aliphatic rings. The maximum Gasteiger partial charge on any atom is 0.335 e. The molecule has 2 rings (SSSR count). The number of carboxylic acids is 1. The van der Waals surface area contributed by atoms with Crippen LogP contribution in [0.5, 0.6) is 0 Å². The summed E-state index contributed by atoms with van der Waals surface area (Å²) in [6, 6.07) is 4.80. The molecule has 0 bridgehead atoms. The summed E-state index contributed by atoms with van der Waals surface area (Å²) in [4.78, 5) is 23.1. The number of hydrogen-bond donors (Lipinski definition) is 3. The molecule has 0 aromatic heterocycles. The van der Waals surface area contributed by atoms with Gasteiger partial charge in [0.2, 0.25) is 5.91 Å². The van der Waals surface area contributed by atoms with Crippen LogP contribution in [-0.2, 0) is 4.79 Å². The fourth-order valence-corrected chi connectivity index (χ4v) is 2.64. The molecule has 1 amide bonds. The first-order valence-corrected chi connectivity index (χ1v) is 6.87. The number of carbonyl (C=O) groups excluding carboxylic acids is 1. The number of hydrogen-bond acceptors (Lipinski definition) is 3. The molecule has 0 aliphatic heterocycles. The summed E-state index contributed by atoms with van der Waals surface area (Å²) in [5, 5.41) is 11.8. The molecule has 1 fully saturated rings. The molecule has 5 nitrogen and oxygen atoms in total. The molecule has 0 radical (unpaired) electrons. The van der Waals surface area contributed by atoms with Gasteiger partial charge >= 0.3 is 5.97 Å². The highest BCUT2D eigenvalue weighted by molar-refractivity contribution is 5.94. The summed E-state index contributed by atoms with van der Waals surface area (Å²) < 4.78 is 0. The van der Waals surface area contributed by atoms with Crippen molar-refractivity contribution in [1.82, 2.24) is 0 Å². The second-order valence-electron chi connectivity index (χ2n) is 5.45. The average molecular weight is 276 g/mol. The number of benzene rings is 1. The summed E-state index contributed by atoms with van der Waals surface area (Å²) >= 11 is 0. The Morgan fingerprint density at radius 3 is 2.70 bits per heavy atom. The lowest BCUT2D eigenvalue weighted by Gasteiger charge is -2.25. The summed E-state index contributed by atoms with van der Waals surface area (Å²) in [6.07, 6.45) is 3.55. The van der Waals surface area contributed by atoms with Crippen molar-refractivity contribution in [2.24, 2.45) is 11.7 Å². The molecule has 20 heavy (non-hydrogen) atoms. The number of nitrogens with two attached hydrogens (primary N) is 1. The third-order valence-electron chi connectivity index (χ3n) is 3.82. The van der Waals surface area contributed by atoms with Crippen LogP contribution < -0.4 is 11.1 Å². The monoisotopic (exact) mass is 276 g/mol. The van der Waals surface area contributed by atoms with Crippen LogP contribution >= 0.6 is 0 Å². The van der Waals surface area contributed by atoms with E-state index in [0.717, 1.165) is 31.2 Å². The number of anilines is 1. The molecule has 108 valence electrons. The fraction of sp³-hybridized carbons (Fsp3) is 0.467. The number of aromatic carboxylic acids is 1. The predicted octanol–water partition coefficient (Wildman–Crippen LogP) is 2.15. The van der Waals surface area contributed by atoms with Crippen molar-refractivity contribution in [2.75, 3.05) is 5.32 Å². The molecule has 1 aliphatic carbocycles. The largest absolute Gasteiger partial charge is 0.478 e. The second-order valence-corrected chi connectivity index (χ2v) is 5.45. The molecule has 1 aromatic rings. The lowest BCUT2D eigenvalue weighted by molar-refractivity contribution is -0.120. The molecule has 2 atom stereocenters. The quantitative estimate of drug-likeness (QED) is 0.788. The molecular formula is C15H20N2O3. The summed E-state index contributed by atoms with van der Waals surface area (Å²) in [5.41, 5.74) is 7.53. The van der Waals surface area contributed by atoms with E-state index in [0.29, 0.717) is 5.69 Å². The lowest BCUT2D eigenvalue weighted by atomic mass is 9.85. The molecule has 5 heteroatoms. The van der Waals surface area contributed by atoms with Gasteiger partial charge in [-0.3, -0.25) is 4.79 Å². The van der Waals surface area contributed by atoms with E-state index in [9.17, 15) is 9.59 Å². The van der Waals surface area contributed by atoms with Crippen molar-refractivity contribution in [3.63, 3.8) is 0 Å². The van der Waals surface area contributed by atoms with Gasteiger partial charge in [-0.15, -0.1) is 0 Å². The first kappa shape index (κ1) is 14.5. The van der Waals surface area contributed by atoms with Crippen LogP contribution in [0.25, 0.3) is 0 Å². The average Bonchev–Trinajstić information content (AvgIpc) is 2.40. The number of carboxylic acid groups (broad SMARTS) is 1. The number of amides is 1. The molecule has 0 heterocycles. The Hall–Kier alpha value is -1.88. The van der Waals surface area contributed by atoms with E-state index in [-0.39, 0.29) is 23.4 Å². The highest BCUT2D eigenvalue weighted by Gasteiger charge is 2.25. The van der Waals surface area contributed by atoms with E-state index in [1.165, 1.54) is 6.07 Å². The zero-order valence-electron chi connectivity index (χ0n) is 11.6. The maximum atomic E-state index is 12.2. The number of aryl methyl sites for hydroxylation is 1. The van der Waals surface area contributed by atoms with Gasteiger partial charge in [-0.05, 0) is 49.9 Å². The van der Waals surface area contributed by atoms with Crippen LogP contribution in [0.4, 0.5) is 5.69 Å². The van der Waals surface area contributed by atoms with Gasteiger partial charge in [-0.25, -0.2) is 4.79 Å². The number of carbonyl (C=O) groups is 2. The maximum absolute atomic E-state index is 12.2. The molecule has 1 saturated carbocycles. The minimum atomic E-state index is -0.968. The van der Waals surface area contributed by atoms with E-state index >= 15 is 0 Å². The van der Waals surface area contributed by atoms with Gasteiger partial charge in [0.25, 0.3) is 0 Å². The van der Waals surface area contributed by atoms with Crippen LogP contribution in [0.2, 0.25) is 0 Å². The van der Waals surface area contributed by atoms with Crippen LogP contribution in [0.3, 0.4) is 0 Å². The highest BCUT2D eigenvalue weighted by atomic mass is 16.4. The Labute approximate surface area is 118 Å². The zero-order chi connectivity index (χ0) is 14.7. The normalized spacial score (nSPS) is 22.3. The number of nitrogens with one attached hydrogen (secondary N) is 1. The van der Waals surface area contributed by atoms with E-state index < -0.39 is 5.97 Å². The third-order valence-corrected chi connectivity index (χ3v) is 3.82. The highest BCUT2D eigenvalue weighted by Crippen LogP contribution is 2.25. The minimum absolute atomic E-state index is 0.0219. The Kier molecular flexibility index (Phi) is 4.39. The second kappa shape index (κ2) is 6.05. The zero-order valence-corrected chi connectivity index (χ0v) is 11.6. The van der Waals surface area contributed by atoms with Gasteiger partial charge in [0.05, 0.1) is 5.56 Å². The molecule has 2 unspecified atom stereocenters. The van der Waals surface area contributed by atoms with E-state index in [1.54, 1.807) is 19.1 Å². The van der Waals surface area contributed by atoms with Crippen molar-refractivity contribution >= 4 is 17.6 Å².